The molecule has 48 valence electrons. The molecule has 1 aliphatic rings. The van der Waals surface area contributed by atoms with E-state index >= 15 is 0 Å². The molecular formula is C6H8N2O. The lowest BCUT2D eigenvalue weighted by molar-refractivity contribution is -0.110. The van der Waals surface area contributed by atoms with Crippen LogP contribution in [0.2, 0.25) is 0 Å². The molecule has 3 heteroatoms. The lowest BCUT2D eigenvalue weighted by Gasteiger charge is -1.99. The van der Waals surface area contributed by atoms with Crippen molar-refractivity contribution in [3.05, 3.63) is 0 Å². The minimum atomic E-state index is -0.00144. The van der Waals surface area contributed by atoms with Gasteiger partial charge < -0.3 is 0 Å². The van der Waals surface area contributed by atoms with E-state index in [2.05, 4.69) is 9.98 Å². The van der Waals surface area contributed by atoms with Crippen molar-refractivity contribution in [1.29, 1.82) is 0 Å². The largest absolute Gasteiger partial charge is 0.293 e. The molecule has 0 aliphatic carbocycles. The maximum Gasteiger partial charge on any atom is 0.179 e. The molecule has 1 rings (SSSR count). The van der Waals surface area contributed by atoms with Gasteiger partial charge in [0.05, 0.1) is 19.3 Å². The number of nitrogens with zero attached hydrogens (tertiary/aromatic N) is 2. The Balaban J connectivity index is 2.69. The molecule has 0 unspecified atom stereocenters. The van der Waals surface area contributed by atoms with Gasteiger partial charge in [-0.05, 0) is 0 Å². The van der Waals surface area contributed by atoms with Gasteiger partial charge in [0, 0.05) is 6.92 Å². The first kappa shape index (κ1) is 6.13. The Morgan fingerprint density at radius 1 is 1.67 bits per heavy atom. The number of aliphatic imine (C=N–C) groups is 2. The van der Waals surface area contributed by atoms with Crippen molar-refractivity contribution in [1.82, 2.24) is 0 Å². The van der Waals surface area contributed by atoms with Gasteiger partial charge in [-0.25, -0.2) is 0 Å². The number of rotatable bonds is 1. The molecule has 0 bridgehead atoms. The molecule has 0 spiro atoms. The molecule has 0 radical (unpaired) electrons. The second kappa shape index (κ2) is 2.53. The number of Topliss-reactive ketones (excluding diaryl/α,β-unsaturated/α-hetero) is 1. The van der Waals surface area contributed by atoms with Crippen LogP contribution in [0, 0.1) is 0 Å². The highest BCUT2D eigenvalue weighted by Crippen LogP contribution is 1.86. The first-order valence-corrected chi connectivity index (χ1v) is 2.86. The van der Waals surface area contributed by atoms with Gasteiger partial charge in [0.15, 0.2) is 5.78 Å². The number of hydrogen-bond donors (Lipinski definition) is 0. The molecule has 0 aromatic carbocycles. The Bertz CT molecular complexity index is 181. The number of carbonyl (C=O) groups excluding carboxylic acids is 1. The van der Waals surface area contributed by atoms with Crippen LogP contribution in [0.25, 0.3) is 0 Å². The van der Waals surface area contributed by atoms with Crippen molar-refractivity contribution in [3.8, 4) is 0 Å². The third kappa shape index (κ3) is 1.45. The summed E-state index contributed by atoms with van der Waals surface area (Å²) in [6.45, 7) is 2.87. The fourth-order valence-electron chi connectivity index (χ4n) is 0.622. The van der Waals surface area contributed by atoms with Crippen molar-refractivity contribution in [3.63, 3.8) is 0 Å². The molecule has 0 atom stereocenters. The first-order chi connectivity index (χ1) is 4.30. The average Bonchev–Trinajstić information content (AvgIpc) is 1.90. The summed E-state index contributed by atoms with van der Waals surface area (Å²) in [6.07, 6.45) is 1.53. The highest BCUT2D eigenvalue weighted by atomic mass is 16.1. The second-order valence-corrected chi connectivity index (χ2v) is 1.86. The second-order valence-electron chi connectivity index (χ2n) is 1.86. The maximum absolute atomic E-state index is 10.6. The summed E-state index contributed by atoms with van der Waals surface area (Å²) >= 11 is 0. The van der Waals surface area contributed by atoms with E-state index in [1.807, 2.05) is 0 Å². The van der Waals surface area contributed by atoms with Gasteiger partial charge in [0.25, 0.3) is 0 Å². The summed E-state index contributed by atoms with van der Waals surface area (Å²) in [6, 6.07) is 0. The summed E-state index contributed by atoms with van der Waals surface area (Å²) in [5.74, 6) is -0.00144. The predicted octanol–water partition coefficient (Wildman–Crippen LogP) is 0.101. The molecule has 0 aromatic rings. The zero-order chi connectivity index (χ0) is 6.69. The van der Waals surface area contributed by atoms with Crippen molar-refractivity contribution < 1.29 is 4.79 Å². The van der Waals surface area contributed by atoms with E-state index in [0.29, 0.717) is 12.3 Å². The Morgan fingerprint density at radius 2 is 2.44 bits per heavy atom. The van der Waals surface area contributed by atoms with Crippen molar-refractivity contribution >= 4 is 17.7 Å². The predicted molar refractivity (Wildman–Crippen MR) is 36.3 cm³/mol. The standard InChI is InChI=1S/C6H8N2O/c1-5(9)6-4-7-2-3-8-6/h4H,2-3H2,1H3. The topological polar surface area (TPSA) is 41.8 Å². The van der Waals surface area contributed by atoms with E-state index in [0.717, 1.165) is 6.54 Å². The summed E-state index contributed by atoms with van der Waals surface area (Å²) in [4.78, 5) is 18.4. The Morgan fingerprint density at radius 3 is 2.78 bits per heavy atom. The quantitative estimate of drug-likeness (QED) is 0.488. The first-order valence-electron chi connectivity index (χ1n) is 2.86. The van der Waals surface area contributed by atoms with E-state index < -0.39 is 0 Å². The lowest BCUT2D eigenvalue weighted by atomic mass is 10.3. The summed E-state index contributed by atoms with van der Waals surface area (Å²) < 4.78 is 0. The molecule has 0 fully saturated rings. The fraction of sp³-hybridized carbons (Fsp3) is 0.500. The monoisotopic (exact) mass is 124 g/mol. The number of ketones is 1. The smallest absolute Gasteiger partial charge is 0.179 e. The normalized spacial score (nSPS) is 17.2. The van der Waals surface area contributed by atoms with Crippen molar-refractivity contribution in [2.75, 3.05) is 13.1 Å². The van der Waals surface area contributed by atoms with Crippen molar-refractivity contribution in [2.24, 2.45) is 9.98 Å². The van der Waals surface area contributed by atoms with Gasteiger partial charge in [-0.3, -0.25) is 14.8 Å². The summed E-state index contributed by atoms with van der Waals surface area (Å²) in [5, 5.41) is 0. The van der Waals surface area contributed by atoms with E-state index in [1.54, 1.807) is 0 Å². The van der Waals surface area contributed by atoms with Gasteiger partial charge in [-0.1, -0.05) is 0 Å². The van der Waals surface area contributed by atoms with E-state index in [1.165, 1.54) is 13.1 Å². The third-order valence-electron chi connectivity index (χ3n) is 1.09. The Hall–Kier alpha value is -0.990. The van der Waals surface area contributed by atoms with Crippen molar-refractivity contribution in [2.45, 2.75) is 6.92 Å². The lowest BCUT2D eigenvalue weighted by Crippen LogP contribution is -2.16. The number of hydrogen-bond acceptors (Lipinski definition) is 3. The molecule has 9 heavy (non-hydrogen) atoms. The zero-order valence-electron chi connectivity index (χ0n) is 5.29. The molecule has 0 saturated heterocycles. The Kier molecular flexibility index (Phi) is 1.72. The summed E-state index contributed by atoms with van der Waals surface area (Å²) in [5.41, 5.74) is 0.501. The van der Waals surface area contributed by atoms with E-state index in [4.69, 9.17) is 0 Å². The van der Waals surface area contributed by atoms with E-state index in [9.17, 15) is 4.79 Å². The molecule has 0 saturated carbocycles. The third-order valence-corrected chi connectivity index (χ3v) is 1.09. The van der Waals surface area contributed by atoms with Crippen LogP contribution in [0.1, 0.15) is 6.92 Å². The minimum Gasteiger partial charge on any atom is -0.293 e. The van der Waals surface area contributed by atoms with Gasteiger partial charge in [-0.2, -0.15) is 0 Å². The number of carbonyl (C=O) groups is 1. The fourth-order valence-corrected chi connectivity index (χ4v) is 0.622. The molecule has 0 N–H and O–H groups in total. The van der Waals surface area contributed by atoms with Gasteiger partial charge in [0.1, 0.15) is 5.71 Å². The zero-order valence-corrected chi connectivity index (χ0v) is 5.29. The van der Waals surface area contributed by atoms with Gasteiger partial charge in [0.2, 0.25) is 0 Å². The van der Waals surface area contributed by atoms with Crippen LogP contribution in [0.5, 0.6) is 0 Å². The SMILES string of the molecule is CC(=O)C1=NCCN=C1. The molecule has 0 amide bonds. The van der Waals surface area contributed by atoms with Crippen LogP contribution in [0.4, 0.5) is 0 Å². The van der Waals surface area contributed by atoms with Crippen LogP contribution in [-0.2, 0) is 4.79 Å². The Labute approximate surface area is 53.5 Å². The van der Waals surface area contributed by atoms with Gasteiger partial charge >= 0.3 is 0 Å². The van der Waals surface area contributed by atoms with Gasteiger partial charge in [-0.15, -0.1) is 0 Å². The van der Waals surface area contributed by atoms with Crippen LogP contribution < -0.4 is 0 Å². The molecule has 1 aliphatic heterocycles. The maximum atomic E-state index is 10.6. The highest BCUT2D eigenvalue weighted by molar-refractivity contribution is 6.60. The molecule has 3 nitrogen and oxygen atoms in total. The van der Waals surface area contributed by atoms with Crippen LogP contribution in [0.3, 0.4) is 0 Å². The minimum absolute atomic E-state index is 0.00144. The molecule has 1 heterocycles. The van der Waals surface area contributed by atoms with Crippen LogP contribution >= 0.6 is 0 Å². The van der Waals surface area contributed by atoms with E-state index in [-0.39, 0.29) is 5.78 Å². The molecule has 0 aromatic heterocycles. The molecular weight excluding hydrogens is 116 g/mol. The van der Waals surface area contributed by atoms with Crippen LogP contribution in [0.15, 0.2) is 9.98 Å². The summed E-state index contributed by atoms with van der Waals surface area (Å²) in [7, 11) is 0. The van der Waals surface area contributed by atoms with Crippen LogP contribution in [-0.4, -0.2) is 30.8 Å². The highest BCUT2D eigenvalue weighted by Gasteiger charge is 2.03. The average molecular weight is 124 g/mol.